The van der Waals surface area contributed by atoms with E-state index in [1.807, 2.05) is 0 Å². The molecule has 11 heteroatoms. The minimum atomic E-state index is -4.53. The van der Waals surface area contributed by atoms with Crippen LogP contribution in [0.2, 0.25) is 0 Å². The van der Waals surface area contributed by atoms with Crippen molar-refractivity contribution in [1.29, 1.82) is 0 Å². The van der Waals surface area contributed by atoms with Crippen molar-refractivity contribution in [2.75, 3.05) is 5.75 Å². The van der Waals surface area contributed by atoms with Crippen LogP contribution in [0.15, 0.2) is 0 Å². The maximum atomic E-state index is 10.2. The average Bonchev–Trinajstić information content (AvgIpc) is 1.81. The molecule has 0 aliphatic rings. The monoisotopic (exact) mass is 279 g/mol. The maximum Gasteiger partial charge on any atom is 1.00 e. The number of aliphatic carboxylic acids is 2. The van der Waals surface area contributed by atoms with Gasteiger partial charge in [-0.3, -0.25) is 4.55 Å². The predicted octanol–water partition coefficient (Wildman–Crippen LogP) is -12.6. The minimum absolute atomic E-state index is 0. The van der Waals surface area contributed by atoms with E-state index in [9.17, 15) is 28.2 Å². The van der Waals surface area contributed by atoms with Gasteiger partial charge in [0.05, 0.1) is 5.75 Å². The summed E-state index contributed by atoms with van der Waals surface area (Å²) in [6.45, 7) is 0. The fourth-order valence-corrected chi connectivity index (χ4v) is 1.43. The molecule has 76 valence electrons. The zero-order valence-electron chi connectivity index (χ0n) is 9.30. The van der Waals surface area contributed by atoms with Crippen molar-refractivity contribution in [2.45, 2.75) is 6.42 Å². The van der Waals surface area contributed by atoms with Gasteiger partial charge in [0, 0.05) is 17.9 Å². The van der Waals surface area contributed by atoms with Gasteiger partial charge in [0.1, 0.15) is 0 Å². The molecule has 0 radical (unpaired) electrons. The number of carboxylic acid groups (broad SMARTS) is 2. The molecule has 0 fully saturated rings. The average molecular weight is 279 g/mol. The van der Waals surface area contributed by atoms with Crippen molar-refractivity contribution < 1.29 is 121 Å². The first-order valence-corrected chi connectivity index (χ1v) is 4.69. The van der Waals surface area contributed by atoms with Crippen LogP contribution < -0.4 is 98.9 Å². The Hall–Kier alpha value is 1.85. The molecule has 0 aliphatic carbocycles. The number of carbonyl (C=O) groups excluding carboxylic acids is 2. The molecule has 0 aromatic rings. The van der Waals surface area contributed by atoms with Gasteiger partial charge in [-0.25, -0.2) is 0 Å². The fourth-order valence-electron chi connectivity index (χ4n) is 0.666. The molecule has 0 bridgehead atoms. The van der Waals surface area contributed by atoms with Crippen LogP contribution in [0.3, 0.4) is 0 Å². The van der Waals surface area contributed by atoms with Gasteiger partial charge in [-0.1, -0.05) is 0 Å². The van der Waals surface area contributed by atoms with Gasteiger partial charge in [-0.2, -0.15) is 8.42 Å². The van der Waals surface area contributed by atoms with E-state index in [0.717, 1.165) is 0 Å². The Labute approximate surface area is 159 Å². The second-order valence-corrected chi connectivity index (χ2v) is 3.84. The van der Waals surface area contributed by atoms with E-state index < -0.39 is 40.1 Å². The van der Waals surface area contributed by atoms with Gasteiger partial charge < -0.3 is 19.8 Å². The Bertz CT molecular complexity index is 314. The maximum absolute atomic E-state index is 10.2. The summed E-state index contributed by atoms with van der Waals surface area (Å²) in [6.07, 6.45) is -1.01. The summed E-state index contributed by atoms with van der Waals surface area (Å²) in [7, 11) is -4.53. The Morgan fingerprint density at radius 1 is 1.12 bits per heavy atom. The summed E-state index contributed by atoms with van der Waals surface area (Å²) < 4.78 is 28.6. The molecule has 1 unspecified atom stereocenters. The number of carboxylic acids is 2. The summed E-state index contributed by atoms with van der Waals surface area (Å²) in [5, 5.41) is 20.1. The van der Waals surface area contributed by atoms with Gasteiger partial charge in [0.25, 0.3) is 10.1 Å². The third kappa shape index (κ3) is 15.9. The van der Waals surface area contributed by atoms with E-state index in [0.29, 0.717) is 0 Å². The van der Waals surface area contributed by atoms with Gasteiger partial charge >= 0.3 is 88.7 Å². The van der Waals surface area contributed by atoms with Crippen molar-refractivity contribution in [3.8, 4) is 0 Å². The largest absolute Gasteiger partial charge is 1.00 e. The second kappa shape index (κ2) is 11.9. The predicted molar refractivity (Wildman–Crippen MR) is 34.5 cm³/mol. The van der Waals surface area contributed by atoms with E-state index in [2.05, 4.69) is 0 Å². The smallest absolute Gasteiger partial charge is 0.550 e. The van der Waals surface area contributed by atoms with Crippen LogP contribution in [0.25, 0.3) is 0 Å². The Balaban J connectivity index is -0.000000240. The van der Waals surface area contributed by atoms with Crippen LogP contribution in [-0.4, -0.2) is 30.7 Å². The second-order valence-electron chi connectivity index (χ2n) is 2.34. The van der Waals surface area contributed by atoms with E-state index >= 15 is 0 Å². The van der Waals surface area contributed by atoms with E-state index in [1.165, 1.54) is 0 Å². The quantitative estimate of drug-likeness (QED) is 0.390. The molecular weight excluding hydrogens is 273 g/mol. The molecule has 0 saturated carbocycles. The van der Waals surface area contributed by atoms with Crippen molar-refractivity contribution >= 4 is 22.1 Å². The molecule has 0 aromatic heterocycles. The molecule has 0 aliphatic heterocycles. The van der Waals surface area contributed by atoms with Crippen molar-refractivity contribution in [3.05, 3.63) is 0 Å². The molecule has 0 aromatic carbocycles. The van der Waals surface area contributed by atoms with E-state index in [-0.39, 0.29) is 88.7 Å². The van der Waals surface area contributed by atoms with Gasteiger partial charge in [0.15, 0.2) is 0 Å². The molecular formula is C5H6Na3O7S+. The van der Waals surface area contributed by atoms with Crippen LogP contribution >= 0.6 is 0 Å². The first-order valence-electron chi connectivity index (χ1n) is 3.08. The van der Waals surface area contributed by atoms with Crippen molar-refractivity contribution in [3.63, 3.8) is 0 Å². The molecule has 1 atom stereocenters. The molecule has 0 amide bonds. The summed E-state index contributed by atoms with van der Waals surface area (Å²) in [6, 6.07) is 0. The fraction of sp³-hybridized carbons (Fsp3) is 0.600. The third-order valence-corrected chi connectivity index (χ3v) is 1.98. The zero-order chi connectivity index (χ0) is 10.6. The molecule has 0 rings (SSSR count). The number of carbonyl (C=O) groups is 2. The number of hydrogen-bond acceptors (Lipinski definition) is 6. The number of hydrogen-bond donors (Lipinski definition) is 1. The normalized spacial score (nSPS) is 11.1. The van der Waals surface area contributed by atoms with E-state index in [1.54, 1.807) is 0 Å². The summed E-state index contributed by atoms with van der Waals surface area (Å²) in [4.78, 5) is 20.1. The first kappa shape index (κ1) is 26.4. The molecule has 1 N–H and O–H groups in total. The van der Waals surface area contributed by atoms with Crippen LogP contribution in [0.4, 0.5) is 0 Å². The van der Waals surface area contributed by atoms with E-state index in [4.69, 9.17) is 4.55 Å². The number of rotatable bonds is 5. The Morgan fingerprint density at radius 2 is 1.50 bits per heavy atom. The van der Waals surface area contributed by atoms with Gasteiger partial charge in [0.2, 0.25) is 0 Å². The van der Waals surface area contributed by atoms with Crippen LogP contribution in [0.1, 0.15) is 6.42 Å². The standard InChI is InChI=1S/C5H8O7S.3Na/c6-4(7)1-3(5(8)9)2-13(10,11)12;;;/h3H,1-2H2,(H,6,7)(H,8,9)(H,10,11,12);;;/q;3*+1/p-2. The van der Waals surface area contributed by atoms with Crippen molar-refractivity contribution in [2.24, 2.45) is 5.92 Å². The Kier molecular flexibility index (Phi) is 19.7. The van der Waals surface area contributed by atoms with Crippen LogP contribution in [0.5, 0.6) is 0 Å². The topological polar surface area (TPSA) is 135 Å². The minimum Gasteiger partial charge on any atom is -0.550 e. The molecule has 0 saturated heterocycles. The molecule has 0 heterocycles. The van der Waals surface area contributed by atoms with Crippen molar-refractivity contribution in [1.82, 2.24) is 0 Å². The van der Waals surface area contributed by atoms with Crippen LogP contribution in [0, 0.1) is 5.92 Å². The third-order valence-electron chi connectivity index (χ3n) is 1.16. The summed E-state index contributed by atoms with van der Waals surface area (Å²) in [5.41, 5.74) is 0. The summed E-state index contributed by atoms with van der Waals surface area (Å²) in [5.74, 6) is -6.57. The molecule has 16 heavy (non-hydrogen) atoms. The van der Waals surface area contributed by atoms with Gasteiger partial charge in [-0.05, 0) is 6.42 Å². The zero-order valence-corrected chi connectivity index (χ0v) is 16.1. The summed E-state index contributed by atoms with van der Waals surface area (Å²) >= 11 is 0. The van der Waals surface area contributed by atoms with Gasteiger partial charge in [-0.15, -0.1) is 0 Å². The molecule has 7 nitrogen and oxygen atoms in total. The SMILES string of the molecule is O=C([O-])CC(CS(=O)(=O)O)C(=O)[O-].[Na+].[Na+].[Na+]. The van der Waals surface area contributed by atoms with Crippen LogP contribution in [-0.2, 0) is 19.7 Å². The molecule has 0 spiro atoms. The first-order chi connectivity index (χ1) is 5.72. The Morgan fingerprint density at radius 3 is 1.69 bits per heavy atom.